The van der Waals surface area contributed by atoms with E-state index in [0.717, 1.165) is 83.5 Å². The number of anilines is 3. The second kappa shape index (κ2) is 16.5. The Morgan fingerprint density at radius 3 is 1.42 bits per heavy atom. The molecule has 1 aliphatic heterocycles. The molecule has 0 unspecified atom stereocenters. The molecular formula is C69H45NO. The minimum atomic E-state index is -0.610. The summed E-state index contributed by atoms with van der Waals surface area (Å²) >= 11 is 0. The smallest absolute Gasteiger partial charge is 0.140 e. The maximum Gasteiger partial charge on any atom is 0.140 e. The van der Waals surface area contributed by atoms with Gasteiger partial charge < -0.3 is 9.64 Å². The Balaban J connectivity index is 0.981. The fraction of sp³-hybridized carbons (Fsp3) is 0.0145. The van der Waals surface area contributed by atoms with Crippen LogP contribution in [0.2, 0.25) is 0 Å². The lowest BCUT2D eigenvalue weighted by Crippen LogP contribution is -2.32. The van der Waals surface area contributed by atoms with Gasteiger partial charge in [-0.3, -0.25) is 0 Å². The van der Waals surface area contributed by atoms with E-state index in [0.29, 0.717) is 0 Å². The molecule has 12 aromatic rings. The summed E-state index contributed by atoms with van der Waals surface area (Å²) in [4.78, 5) is 2.46. The van der Waals surface area contributed by atoms with Gasteiger partial charge in [0.25, 0.3) is 0 Å². The number of nitrogens with zero attached hydrogens (tertiary/aromatic N) is 1. The van der Waals surface area contributed by atoms with Gasteiger partial charge in [0.05, 0.1) is 16.8 Å². The van der Waals surface area contributed by atoms with Gasteiger partial charge in [0.2, 0.25) is 0 Å². The zero-order chi connectivity index (χ0) is 46.9. The number of hydrogen-bond donors (Lipinski definition) is 0. The maximum atomic E-state index is 7.22. The molecule has 1 spiro atoms. The van der Waals surface area contributed by atoms with Crippen LogP contribution in [0.15, 0.2) is 273 Å². The number of hydrogen-bond acceptors (Lipinski definition) is 2. The van der Waals surface area contributed by atoms with Crippen molar-refractivity contribution >= 4 is 38.6 Å². The normalized spacial score (nSPS) is 12.7. The van der Waals surface area contributed by atoms with Crippen LogP contribution < -0.4 is 9.64 Å². The summed E-state index contributed by atoms with van der Waals surface area (Å²) in [5, 5.41) is 4.56. The van der Waals surface area contributed by atoms with Crippen LogP contribution >= 0.6 is 0 Å². The van der Waals surface area contributed by atoms with Crippen molar-refractivity contribution in [2.45, 2.75) is 5.41 Å². The fourth-order valence-corrected chi connectivity index (χ4v) is 11.7. The maximum absolute atomic E-state index is 7.22. The third-order valence-corrected chi connectivity index (χ3v) is 14.9. The summed E-state index contributed by atoms with van der Waals surface area (Å²) in [5.74, 6) is 1.85. The standard InChI is InChI=1S/C69H45NO/c1-4-19-46(20-5-1)52-38-42-66(59(44-52)48-23-8-3-9-24-48)70(65-34-17-15-29-55(65)47-21-6-2-7-22-47)54-28-18-27-51(43-54)53-37-39-62-60(45-53)58-32-14-16-33-61(58)69(62)63-40-35-49-25-10-12-30-56(49)67(63)71-68-57-31-13-11-26-50(57)36-41-64(68)69/h1-45H. The van der Waals surface area contributed by atoms with E-state index in [9.17, 15) is 0 Å². The lowest BCUT2D eigenvalue weighted by atomic mass is 9.65. The molecule has 12 aromatic carbocycles. The molecule has 0 amide bonds. The zero-order valence-corrected chi connectivity index (χ0v) is 38.8. The van der Waals surface area contributed by atoms with Crippen molar-refractivity contribution in [2.75, 3.05) is 4.90 Å². The van der Waals surface area contributed by atoms with Crippen molar-refractivity contribution < 1.29 is 4.74 Å². The first-order valence-electron chi connectivity index (χ1n) is 24.5. The van der Waals surface area contributed by atoms with Crippen molar-refractivity contribution in [3.63, 3.8) is 0 Å². The Morgan fingerprint density at radius 2 is 0.732 bits per heavy atom. The van der Waals surface area contributed by atoms with Crippen molar-refractivity contribution in [3.8, 4) is 67.1 Å². The molecule has 0 bridgehead atoms. The van der Waals surface area contributed by atoms with E-state index in [2.05, 4.69) is 278 Å². The Kier molecular flexibility index (Phi) is 9.47. The summed E-state index contributed by atoms with van der Waals surface area (Å²) in [5.41, 5.74) is 19.3. The molecule has 0 N–H and O–H groups in total. The largest absolute Gasteiger partial charge is 0.455 e. The first-order valence-corrected chi connectivity index (χ1v) is 24.5. The van der Waals surface area contributed by atoms with Gasteiger partial charge in [-0.1, -0.05) is 237 Å². The molecule has 0 fully saturated rings. The lowest BCUT2D eigenvalue weighted by Gasteiger charge is -2.40. The van der Waals surface area contributed by atoms with Crippen LogP contribution in [0, 0.1) is 0 Å². The van der Waals surface area contributed by atoms with Crippen LogP contribution in [-0.2, 0) is 5.41 Å². The van der Waals surface area contributed by atoms with Gasteiger partial charge in [0.1, 0.15) is 11.5 Å². The van der Waals surface area contributed by atoms with E-state index < -0.39 is 5.41 Å². The first-order chi connectivity index (χ1) is 35.2. The number of benzene rings is 12. The van der Waals surface area contributed by atoms with Gasteiger partial charge in [-0.25, -0.2) is 0 Å². The van der Waals surface area contributed by atoms with E-state index in [4.69, 9.17) is 4.74 Å². The quantitative estimate of drug-likeness (QED) is 0.158. The van der Waals surface area contributed by atoms with E-state index in [1.165, 1.54) is 44.5 Å². The molecule has 14 rings (SSSR count). The van der Waals surface area contributed by atoms with Gasteiger partial charge in [0.15, 0.2) is 0 Å². The molecule has 2 heteroatoms. The summed E-state index contributed by atoms with van der Waals surface area (Å²) in [6.45, 7) is 0. The van der Waals surface area contributed by atoms with Gasteiger partial charge >= 0.3 is 0 Å². The van der Waals surface area contributed by atoms with Crippen LogP contribution in [0.1, 0.15) is 22.3 Å². The van der Waals surface area contributed by atoms with Gasteiger partial charge in [0, 0.05) is 38.7 Å². The van der Waals surface area contributed by atoms with Crippen LogP contribution in [0.4, 0.5) is 17.1 Å². The molecule has 0 radical (unpaired) electrons. The number of fused-ring (bicyclic) bond motifs is 13. The molecule has 0 atom stereocenters. The van der Waals surface area contributed by atoms with Crippen LogP contribution in [0.25, 0.3) is 77.2 Å². The topological polar surface area (TPSA) is 12.5 Å². The van der Waals surface area contributed by atoms with Gasteiger partial charge in [-0.05, 0) is 103 Å². The average molecular weight is 904 g/mol. The molecule has 0 aromatic heterocycles. The van der Waals surface area contributed by atoms with Crippen molar-refractivity contribution in [2.24, 2.45) is 0 Å². The number of ether oxygens (including phenoxy) is 1. The molecule has 332 valence electrons. The molecule has 0 saturated carbocycles. The molecule has 1 aliphatic carbocycles. The fourth-order valence-electron chi connectivity index (χ4n) is 11.7. The SMILES string of the molecule is c1ccc(-c2ccc(N(c3cccc(-c4ccc5c(c4)-c4ccccc4C54c5ccc6ccccc6c5Oc5c4ccc4ccccc54)c3)c3ccccc3-c3ccccc3)c(-c3ccccc3)c2)cc1. The summed E-state index contributed by atoms with van der Waals surface area (Å²) in [6.07, 6.45) is 0. The highest BCUT2D eigenvalue weighted by Crippen LogP contribution is 2.64. The molecule has 2 aliphatic rings. The van der Waals surface area contributed by atoms with Crippen LogP contribution in [-0.4, -0.2) is 0 Å². The second-order valence-corrected chi connectivity index (χ2v) is 18.7. The Labute approximate surface area is 414 Å². The molecule has 1 heterocycles. The molecular weight excluding hydrogens is 859 g/mol. The molecule has 0 saturated heterocycles. The first kappa shape index (κ1) is 40.8. The van der Waals surface area contributed by atoms with Crippen LogP contribution in [0.3, 0.4) is 0 Å². The predicted molar refractivity (Wildman–Crippen MR) is 295 cm³/mol. The Hall–Kier alpha value is -9.24. The molecule has 71 heavy (non-hydrogen) atoms. The van der Waals surface area contributed by atoms with E-state index >= 15 is 0 Å². The Bertz CT molecular complexity index is 3940. The average Bonchev–Trinajstić information content (AvgIpc) is 3.74. The lowest BCUT2D eigenvalue weighted by molar-refractivity contribution is 0.447. The highest BCUT2D eigenvalue weighted by molar-refractivity contribution is 6.01. The minimum absolute atomic E-state index is 0.610. The predicted octanol–water partition coefficient (Wildman–Crippen LogP) is 18.6. The summed E-state index contributed by atoms with van der Waals surface area (Å²) < 4.78 is 7.22. The summed E-state index contributed by atoms with van der Waals surface area (Å²) in [6, 6.07) is 99.7. The second-order valence-electron chi connectivity index (χ2n) is 18.7. The third kappa shape index (κ3) is 6.42. The highest BCUT2D eigenvalue weighted by atomic mass is 16.5. The van der Waals surface area contributed by atoms with Crippen molar-refractivity contribution in [3.05, 3.63) is 295 Å². The van der Waals surface area contributed by atoms with Gasteiger partial charge in [-0.2, -0.15) is 0 Å². The van der Waals surface area contributed by atoms with Crippen LogP contribution in [0.5, 0.6) is 11.5 Å². The number of rotatable bonds is 7. The number of para-hydroxylation sites is 1. The van der Waals surface area contributed by atoms with Crippen molar-refractivity contribution in [1.82, 2.24) is 0 Å². The molecule has 2 nitrogen and oxygen atoms in total. The van der Waals surface area contributed by atoms with E-state index in [1.807, 2.05) is 0 Å². The minimum Gasteiger partial charge on any atom is -0.455 e. The third-order valence-electron chi connectivity index (χ3n) is 14.9. The van der Waals surface area contributed by atoms with Gasteiger partial charge in [-0.15, -0.1) is 0 Å². The van der Waals surface area contributed by atoms with E-state index in [-0.39, 0.29) is 0 Å². The van der Waals surface area contributed by atoms with Crippen molar-refractivity contribution in [1.29, 1.82) is 0 Å². The Morgan fingerprint density at radius 1 is 0.268 bits per heavy atom. The highest BCUT2D eigenvalue weighted by Gasteiger charge is 2.51. The monoisotopic (exact) mass is 903 g/mol. The van der Waals surface area contributed by atoms with E-state index in [1.54, 1.807) is 0 Å². The zero-order valence-electron chi connectivity index (χ0n) is 38.8. The summed E-state index contributed by atoms with van der Waals surface area (Å²) in [7, 11) is 0.